The lowest BCUT2D eigenvalue weighted by Gasteiger charge is -2.10. The molecule has 0 amide bonds. The van der Waals surface area contributed by atoms with Crippen molar-refractivity contribution in [2.45, 2.75) is 0 Å². The number of aromatic nitrogens is 2. The highest BCUT2D eigenvalue weighted by Gasteiger charge is 2.11. The second-order valence-corrected chi connectivity index (χ2v) is 6.03. The quantitative estimate of drug-likeness (QED) is 0.367. The molecule has 0 fully saturated rings. The number of furan rings is 1. The Balaban J connectivity index is 1.73. The number of rotatable bonds is 5. The summed E-state index contributed by atoms with van der Waals surface area (Å²) < 4.78 is 18.8. The average Bonchev–Trinajstić information content (AvgIpc) is 3.16. The van der Waals surface area contributed by atoms with Gasteiger partial charge in [-0.3, -0.25) is 10.1 Å². The Labute approximate surface area is 163 Å². The van der Waals surface area contributed by atoms with E-state index in [1.165, 1.54) is 54.6 Å². The molecule has 0 aliphatic carbocycles. The number of hydrogen-bond donors (Lipinski definition) is 2. The van der Waals surface area contributed by atoms with Crippen molar-refractivity contribution in [1.82, 2.24) is 9.97 Å². The molecule has 0 unspecified atom stereocenters. The summed E-state index contributed by atoms with van der Waals surface area (Å²) in [6, 6.07) is 13.2. The molecule has 0 radical (unpaired) electrons. The Morgan fingerprint density at radius 1 is 1.10 bits per heavy atom. The number of hydrogen-bond acceptors (Lipinski definition) is 7. The van der Waals surface area contributed by atoms with Crippen LogP contribution in [0.1, 0.15) is 11.6 Å². The van der Waals surface area contributed by atoms with E-state index in [2.05, 4.69) is 15.3 Å². The van der Waals surface area contributed by atoms with Gasteiger partial charge in [0.2, 0.25) is 0 Å². The highest BCUT2D eigenvalue weighted by molar-refractivity contribution is 5.91. The molecule has 4 aromatic rings. The molecule has 144 valence electrons. The van der Waals surface area contributed by atoms with E-state index in [0.717, 1.165) is 0 Å². The van der Waals surface area contributed by atoms with Gasteiger partial charge in [0.1, 0.15) is 28.1 Å². The summed E-state index contributed by atoms with van der Waals surface area (Å²) >= 11 is 0. The summed E-state index contributed by atoms with van der Waals surface area (Å²) in [4.78, 5) is 18.8. The van der Waals surface area contributed by atoms with Crippen molar-refractivity contribution < 1.29 is 18.8 Å². The van der Waals surface area contributed by atoms with Crippen molar-refractivity contribution in [1.29, 1.82) is 0 Å². The highest BCUT2D eigenvalue weighted by Crippen LogP contribution is 2.27. The Kier molecular flexibility index (Phi) is 4.62. The minimum Gasteiger partial charge on any atom is -0.508 e. The maximum atomic E-state index is 13.8. The molecule has 2 aromatic carbocycles. The van der Waals surface area contributed by atoms with E-state index in [9.17, 15) is 19.6 Å². The number of anilines is 2. The van der Waals surface area contributed by atoms with Crippen LogP contribution in [0, 0.1) is 15.9 Å². The van der Waals surface area contributed by atoms with Crippen LogP contribution in [0.5, 0.6) is 5.75 Å². The number of aromatic hydroxyl groups is 1. The molecule has 4 rings (SSSR count). The number of fused-ring (bicyclic) bond motifs is 1. The fourth-order valence-corrected chi connectivity index (χ4v) is 2.70. The molecule has 0 aliphatic heterocycles. The largest absolute Gasteiger partial charge is 0.508 e. The summed E-state index contributed by atoms with van der Waals surface area (Å²) in [5.41, 5.74) is 1.06. The maximum absolute atomic E-state index is 13.8. The summed E-state index contributed by atoms with van der Waals surface area (Å²) in [6.45, 7) is 0. The molecule has 2 N–H and O–H groups in total. The lowest BCUT2D eigenvalue weighted by molar-refractivity contribution is -0.402. The number of phenolic OH excluding ortho intramolecular Hbond substituents is 1. The van der Waals surface area contributed by atoms with E-state index in [1.54, 1.807) is 12.1 Å². The average molecular weight is 392 g/mol. The van der Waals surface area contributed by atoms with Crippen molar-refractivity contribution in [3.05, 3.63) is 82.1 Å². The Morgan fingerprint density at radius 3 is 2.72 bits per heavy atom. The maximum Gasteiger partial charge on any atom is 0.433 e. The van der Waals surface area contributed by atoms with Crippen LogP contribution < -0.4 is 5.32 Å². The second kappa shape index (κ2) is 7.39. The summed E-state index contributed by atoms with van der Waals surface area (Å²) in [5.74, 6) is 0.147. The Morgan fingerprint density at radius 2 is 1.97 bits per heavy atom. The van der Waals surface area contributed by atoms with E-state index < -0.39 is 10.7 Å². The molecule has 0 spiro atoms. The van der Waals surface area contributed by atoms with Gasteiger partial charge in [-0.05, 0) is 48.6 Å². The van der Waals surface area contributed by atoms with Crippen LogP contribution in [0.2, 0.25) is 0 Å². The Bertz CT molecular complexity index is 1250. The van der Waals surface area contributed by atoms with Gasteiger partial charge in [-0.2, -0.15) is 0 Å². The number of nitro groups is 1. The lowest BCUT2D eigenvalue weighted by Crippen LogP contribution is -1.99. The minimum absolute atomic E-state index is 0.0686. The van der Waals surface area contributed by atoms with Gasteiger partial charge in [0.05, 0.1) is 11.6 Å². The molecular weight excluding hydrogens is 379 g/mol. The summed E-state index contributed by atoms with van der Waals surface area (Å²) in [7, 11) is 0. The number of nitrogens with one attached hydrogen (secondary N) is 1. The predicted molar refractivity (Wildman–Crippen MR) is 105 cm³/mol. The van der Waals surface area contributed by atoms with Crippen molar-refractivity contribution in [2.75, 3.05) is 5.32 Å². The van der Waals surface area contributed by atoms with Gasteiger partial charge in [0.25, 0.3) is 0 Å². The Hall–Kier alpha value is -4.27. The number of phenols is 1. The number of halogens is 1. The first-order valence-electron chi connectivity index (χ1n) is 8.43. The molecule has 9 heteroatoms. The fraction of sp³-hybridized carbons (Fsp3) is 0. The van der Waals surface area contributed by atoms with Gasteiger partial charge in [0.15, 0.2) is 5.82 Å². The molecule has 2 heterocycles. The van der Waals surface area contributed by atoms with Crippen LogP contribution >= 0.6 is 0 Å². The molecule has 29 heavy (non-hydrogen) atoms. The van der Waals surface area contributed by atoms with Crippen LogP contribution in [-0.4, -0.2) is 20.0 Å². The molecule has 0 saturated heterocycles. The zero-order chi connectivity index (χ0) is 20.4. The topological polar surface area (TPSA) is 114 Å². The third-order valence-corrected chi connectivity index (χ3v) is 3.97. The SMILES string of the molecule is O=[N+]([O-])c1ccc(C=Cc2nc(Nc3cccc(O)c3)c3cc(F)ccc3n2)o1. The molecule has 0 aliphatic rings. The molecule has 0 bridgehead atoms. The molecule has 0 saturated carbocycles. The van der Waals surface area contributed by atoms with E-state index in [0.29, 0.717) is 22.4 Å². The van der Waals surface area contributed by atoms with Crippen LogP contribution in [0.3, 0.4) is 0 Å². The second-order valence-electron chi connectivity index (χ2n) is 6.03. The van der Waals surface area contributed by atoms with E-state index in [1.807, 2.05) is 0 Å². The van der Waals surface area contributed by atoms with Gasteiger partial charge in [-0.15, -0.1) is 0 Å². The molecular formula is C20H13FN4O4. The first-order chi connectivity index (χ1) is 14.0. The van der Waals surface area contributed by atoms with Crippen molar-refractivity contribution in [3.63, 3.8) is 0 Å². The van der Waals surface area contributed by atoms with Crippen LogP contribution in [0.4, 0.5) is 21.8 Å². The van der Waals surface area contributed by atoms with Crippen molar-refractivity contribution >= 4 is 40.4 Å². The van der Waals surface area contributed by atoms with E-state index in [4.69, 9.17) is 4.42 Å². The monoisotopic (exact) mass is 392 g/mol. The van der Waals surface area contributed by atoms with E-state index in [-0.39, 0.29) is 23.2 Å². The van der Waals surface area contributed by atoms with Gasteiger partial charge >= 0.3 is 5.88 Å². The fourth-order valence-electron chi connectivity index (χ4n) is 2.70. The first kappa shape index (κ1) is 18.1. The third kappa shape index (κ3) is 4.03. The summed E-state index contributed by atoms with van der Waals surface area (Å²) in [5, 5.41) is 23.9. The highest BCUT2D eigenvalue weighted by atomic mass is 19.1. The third-order valence-electron chi connectivity index (χ3n) is 3.97. The lowest BCUT2D eigenvalue weighted by atomic mass is 10.2. The minimum atomic E-state index is -0.629. The van der Waals surface area contributed by atoms with Crippen LogP contribution in [0.25, 0.3) is 23.1 Å². The van der Waals surface area contributed by atoms with Gasteiger partial charge in [-0.25, -0.2) is 14.4 Å². The first-order valence-corrected chi connectivity index (χ1v) is 8.43. The predicted octanol–water partition coefficient (Wildman–Crippen LogP) is 4.89. The van der Waals surface area contributed by atoms with Crippen molar-refractivity contribution in [3.8, 4) is 5.75 Å². The van der Waals surface area contributed by atoms with Gasteiger partial charge in [0, 0.05) is 17.1 Å². The van der Waals surface area contributed by atoms with Gasteiger partial charge in [-0.1, -0.05) is 6.07 Å². The van der Waals surface area contributed by atoms with Crippen LogP contribution in [-0.2, 0) is 0 Å². The zero-order valence-corrected chi connectivity index (χ0v) is 14.7. The number of benzene rings is 2. The number of nitrogens with zero attached hydrogens (tertiary/aromatic N) is 3. The van der Waals surface area contributed by atoms with Crippen molar-refractivity contribution in [2.24, 2.45) is 0 Å². The summed E-state index contributed by atoms with van der Waals surface area (Å²) in [6.07, 6.45) is 3.02. The standard InChI is InChI=1S/C20H13FN4O4/c21-12-4-7-17-16(10-12)20(22-13-2-1-3-14(26)11-13)24-18(23-17)8-5-15-6-9-19(29-15)25(27)28/h1-11,26H,(H,22,23,24). The van der Waals surface area contributed by atoms with Crippen LogP contribution in [0.15, 0.2) is 59.0 Å². The normalized spacial score (nSPS) is 11.2. The zero-order valence-electron chi connectivity index (χ0n) is 14.7. The molecule has 8 nitrogen and oxygen atoms in total. The molecule has 0 atom stereocenters. The smallest absolute Gasteiger partial charge is 0.433 e. The van der Waals surface area contributed by atoms with Gasteiger partial charge < -0.3 is 14.8 Å². The van der Waals surface area contributed by atoms with E-state index >= 15 is 0 Å². The molecule has 2 aromatic heterocycles.